The molecule has 0 bridgehead atoms. The number of hydrogen-bond acceptors (Lipinski definition) is 3. The third-order valence-corrected chi connectivity index (χ3v) is 4.31. The lowest BCUT2D eigenvalue weighted by Gasteiger charge is -2.08. The molecule has 2 rings (SSSR count). The Labute approximate surface area is 131 Å². The van der Waals surface area contributed by atoms with Gasteiger partial charge in [-0.25, -0.2) is 4.98 Å². The molecule has 0 aliphatic heterocycles. The monoisotopic (exact) mass is 355 g/mol. The minimum Gasteiger partial charge on any atom is -0.350 e. The molecule has 108 valence electrons. The number of aromatic nitrogens is 2. The summed E-state index contributed by atoms with van der Waals surface area (Å²) in [7, 11) is 0. The number of halogens is 1. The highest BCUT2D eigenvalue weighted by molar-refractivity contribution is 9.10. The van der Waals surface area contributed by atoms with E-state index in [9.17, 15) is 4.79 Å². The van der Waals surface area contributed by atoms with Crippen LogP contribution in [0.1, 0.15) is 34.5 Å². The van der Waals surface area contributed by atoms with Gasteiger partial charge in [-0.15, -0.1) is 11.3 Å². The van der Waals surface area contributed by atoms with Crippen molar-refractivity contribution in [3.63, 3.8) is 0 Å². The van der Waals surface area contributed by atoms with Crippen LogP contribution >= 0.6 is 27.3 Å². The van der Waals surface area contributed by atoms with Gasteiger partial charge in [0.15, 0.2) is 0 Å². The number of carbonyl (C=O) groups excluding carboxylic acids is 1. The van der Waals surface area contributed by atoms with Gasteiger partial charge in [0.05, 0.1) is 5.01 Å². The molecule has 6 heteroatoms. The van der Waals surface area contributed by atoms with Gasteiger partial charge in [0.25, 0.3) is 5.91 Å². The first-order valence-electron chi connectivity index (χ1n) is 6.65. The second-order valence-electron chi connectivity index (χ2n) is 4.63. The number of hydrogen-bond donors (Lipinski definition) is 1. The van der Waals surface area contributed by atoms with Gasteiger partial charge in [-0.05, 0) is 35.3 Å². The van der Waals surface area contributed by atoms with E-state index < -0.39 is 0 Å². The smallest absolute Gasteiger partial charge is 0.267 e. The van der Waals surface area contributed by atoms with E-state index >= 15 is 0 Å². The molecule has 2 heterocycles. The standard InChI is InChI=1S/C14H18BrN3OS/c1-3-6-18-8-11(15)7-12(18)14(19)16-5-4-13-17-10(2)9-20-13/h7-9H,3-6H2,1-2H3,(H,16,19). The van der Waals surface area contributed by atoms with Crippen molar-refractivity contribution < 1.29 is 4.79 Å². The molecule has 0 saturated carbocycles. The molecule has 0 fully saturated rings. The summed E-state index contributed by atoms with van der Waals surface area (Å²) >= 11 is 5.06. The van der Waals surface area contributed by atoms with Gasteiger partial charge in [-0.3, -0.25) is 4.79 Å². The Bertz CT molecular complexity index is 591. The fraction of sp³-hybridized carbons (Fsp3) is 0.429. The van der Waals surface area contributed by atoms with Crippen molar-refractivity contribution in [2.45, 2.75) is 33.2 Å². The number of amides is 1. The summed E-state index contributed by atoms with van der Waals surface area (Å²) < 4.78 is 2.92. The van der Waals surface area contributed by atoms with Gasteiger partial charge in [0.1, 0.15) is 5.69 Å². The highest BCUT2D eigenvalue weighted by Crippen LogP contribution is 2.15. The number of nitrogens with one attached hydrogen (secondary N) is 1. The molecule has 2 aromatic heterocycles. The maximum Gasteiger partial charge on any atom is 0.267 e. The van der Waals surface area contributed by atoms with Crippen LogP contribution in [-0.2, 0) is 13.0 Å². The third-order valence-electron chi connectivity index (χ3n) is 2.85. The lowest BCUT2D eigenvalue weighted by Crippen LogP contribution is -2.27. The van der Waals surface area contributed by atoms with Crippen molar-refractivity contribution in [3.05, 3.63) is 38.5 Å². The van der Waals surface area contributed by atoms with E-state index in [2.05, 4.69) is 33.2 Å². The fourth-order valence-electron chi connectivity index (χ4n) is 1.98. The van der Waals surface area contributed by atoms with E-state index in [0.717, 1.165) is 34.6 Å². The van der Waals surface area contributed by atoms with Crippen molar-refractivity contribution in [2.24, 2.45) is 0 Å². The second kappa shape index (κ2) is 7.04. The molecule has 0 radical (unpaired) electrons. The summed E-state index contributed by atoms with van der Waals surface area (Å²) in [6.45, 7) is 5.54. The molecule has 0 unspecified atom stereocenters. The summed E-state index contributed by atoms with van der Waals surface area (Å²) in [4.78, 5) is 16.6. The average Bonchev–Trinajstić information content (AvgIpc) is 2.96. The topological polar surface area (TPSA) is 46.9 Å². The predicted octanol–water partition coefficient (Wildman–Crippen LogP) is 3.40. The second-order valence-corrected chi connectivity index (χ2v) is 6.48. The van der Waals surface area contributed by atoms with E-state index in [1.165, 1.54) is 0 Å². The van der Waals surface area contributed by atoms with Crippen LogP contribution in [-0.4, -0.2) is 22.0 Å². The van der Waals surface area contributed by atoms with Gasteiger partial charge >= 0.3 is 0 Å². The molecule has 2 aromatic rings. The summed E-state index contributed by atoms with van der Waals surface area (Å²) in [5, 5.41) is 6.05. The first kappa shape index (κ1) is 15.3. The maximum absolute atomic E-state index is 12.2. The van der Waals surface area contributed by atoms with Crippen LogP contribution in [0.2, 0.25) is 0 Å². The number of nitrogens with zero attached hydrogens (tertiary/aromatic N) is 2. The van der Waals surface area contributed by atoms with E-state index in [1.807, 2.05) is 29.1 Å². The van der Waals surface area contributed by atoms with Crippen LogP contribution in [0, 0.1) is 6.92 Å². The van der Waals surface area contributed by atoms with E-state index in [4.69, 9.17) is 0 Å². The van der Waals surface area contributed by atoms with Crippen LogP contribution in [0.15, 0.2) is 22.1 Å². The zero-order chi connectivity index (χ0) is 14.5. The first-order chi connectivity index (χ1) is 9.60. The molecular formula is C14H18BrN3OS. The lowest BCUT2D eigenvalue weighted by atomic mass is 10.3. The van der Waals surface area contributed by atoms with Crippen LogP contribution in [0.4, 0.5) is 0 Å². The highest BCUT2D eigenvalue weighted by Gasteiger charge is 2.12. The lowest BCUT2D eigenvalue weighted by molar-refractivity contribution is 0.0944. The minimum absolute atomic E-state index is 0.0302. The van der Waals surface area contributed by atoms with Crippen LogP contribution in [0.5, 0.6) is 0 Å². The van der Waals surface area contributed by atoms with Crippen molar-refractivity contribution in [3.8, 4) is 0 Å². The van der Waals surface area contributed by atoms with Gasteiger partial charge in [0.2, 0.25) is 0 Å². The number of carbonyl (C=O) groups is 1. The molecule has 0 spiro atoms. The molecule has 0 aliphatic carbocycles. The van der Waals surface area contributed by atoms with E-state index in [-0.39, 0.29) is 5.91 Å². The SMILES string of the molecule is CCCn1cc(Br)cc1C(=O)NCCc1nc(C)cs1. The number of thiazole rings is 1. The normalized spacial score (nSPS) is 10.8. The van der Waals surface area contributed by atoms with E-state index in [1.54, 1.807) is 11.3 Å². The zero-order valence-electron chi connectivity index (χ0n) is 11.6. The third kappa shape index (κ3) is 3.93. The minimum atomic E-state index is -0.0302. The van der Waals surface area contributed by atoms with Gasteiger partial charge in [0, 0.05) is 41.3 Å². The Hall–Kier alpha value is -1.14. The molecular weight excluding hydrogens is 338 g/mol. The maximum atomic E-state index is 12.2. The van der Waals surface area contributed by atoms with Crippen LogP contribution < -0.4 is 5.32 Å². The number of rotatable bonds is 6. The van der Waals surface area contributed by atoms with Crippen molar-refractivity contribution in [1.82, 2.24) is 14.9 Å². The Kier molecular flexibility index (Phi) is 5.37. The van der Waals surface area contributed by atoms with Gasteiger partial charge in [-0.1, -0.05) is 6.92 Å². The molecule has 1 N–H and O–H groups in total. The Morgan fingerprint density at radius 2 is 2.35 bits per heavy atom. The zero-order valence-corrected chi connectivity index (χ0v) is 14.1. The molecule has 4 nitrogen and oxygen atoms in total. The average molecular weight is 356 g/mol. The van der Waals surface area contributed by atoms with Gasteiger partial charge < -0.3 is 9.88 Å². The quantitative estimate of drug-likeness (QED) is 0.862. The summed E-state index contributed by atoms with van der Waals surface area (Å²) in [5.41, 5.74) is 1.74. The number of aryl methyl sites for hydroxylation is 2. The summed E-state index contributed by atoms with van der Waals surface area (Å²) in [6.07, 6.45) is 3.72. The van der Waals surface area contributed by atoms with Crippen LogP contribution in [0.3, 0.4) is 0 Å². The molecule has 0 saturated heterocycles. The Morgan fingerprint density at radius 3 is 3.00 bits per heavy atom. The Balaban J connectivity index is 1.91. The first-order valence-corrected chi connectivity index (χ1v) is 8.32. The molecule has 1 amide bonds. The summed E-state index contributed by atoms with van der Waals surface area (Å²) in [6, 6.07) is 1.86. The fourth-order valence-corrected chi connectivity index (χ4v) is 3.22. The Morgan fingerprint density at radius 1 is 1.55 bits per heavy atom. The van der Waals surface area contributed by atoms with Crippen LogP contribution in [0.25, 0.3) is 0 Å². The van der Waals surface area contributed by atoms with E-state index in [0.29, 0.717) is 12.2 Å². The van der Waals surface area contributed by atoms with Crippen molar-refractivity contribution in [1.29, 1.82) is 0 Å². The molecule has 0 aliphatic rings. The largest absolute Gasteiger partial charge is 0.350 e. The molecule has 0 atom stereocenters. The molecule has 0 aromatic carbocycles. The summed E-state index contributed by atoms with van der Waals surface area (Å²) in [5.74, 6) is -0.0302. The van der Waals surface area contributed by atoms with Crippen molar-refractivity contribution >= 4 is 33.2 Å². The van der Waals surface area contributed by atoms with Gasteiger partial charge in [-0.2, -0.15) is 0 Å². The predicted molar refractivity (Wildman–Crippen MR) is 85.3 cm³/mol. The van der Waals surface area contributed by atoms with Crippen molar-refractivity contribution in [2.75, 3.05) is 6.54 Å². The molecule has 20 heavy (non-hydrogen) atoms. The highest BCUT2D eigenvalue weighted by atomic mass is 79.9.